The minimum absolute atomic E-state index is 0.0943. The molecule has 3 nitrogen and oxygen atoms in total. The van der Waals surface area contributed by atoms with E-state index < -0.39 is 5.91 Å². The van der Waals surface area contributed by atoms with E-state index >= 15 is 0 Å². The molecule has 0 saturated heterocycles. The average molecular weight is 198 g/mol. The first-order valence-electron chi connectivity index (χ1n) is 4.60. The minimum atomic E-state index is -0.402. The topological polar surface area (TPSA) is 58.9 Å². The van der Waals surface area contributed by atoms with Gasteiger partial charge in [-0.15, -0.1) is 0 Å². The summed E-state index contributed by atoms with van der Waals surface area (Å²) in [6.07, 6.45) is 1.96. The highest BCUT2D eigenvalue weighted by atomic mass is 16.1. The summed E-state index contributed by atoms with van der Waals surface area (Å²) in [5.74, 6) is 5.26. The van der Waals surface area contributed by atoms with Crippen molar-refractivity contribution in [1.82, 2.24) is 4.98 Å². The zero-order chi connectivity index (χ0) is 10.7. The number of nitrogens with one attached hydrogen (secondary N) is 1. The van der Waals surface area contributed by atoms with Crippen LogP contribution in [0, 0.1) is 11.8 Å². The minimum Gasteiger partial charge on any atom is -0.369 e. The van der Waals surface area contributed by atoms with Crippen LogP contribution < -0.4 is 5.73 Å². The molecule has 3 heteroatoms. The predicted octanol–water partition coefficient (Wildman–Crippen LogP) is 1.39. The summed E-state index contributed by atoms with van der Waals surface area (Å²) in [6, 6.07) is 7.83. The predicted molar refractivity (Wildman–Crippen MR) is 59.0 cm³/mol. The van der Waals surface area contributed by atoms with Crippen molar-refractivity contribution in [2.24, 2.45) is 5.73 Å². The number of carbonyl (C=O) groups is 1. The molecule has 0 spiro atoms. The molecule has 15 heavy (non-hydrogen) atoms. The largest absolute Gasteiger partial charge is 0.369 e. The molecule has 3 N–H and O–H groups in total. The van der Waals surface area contributed by atoms with Crippen molar-refractivity contribution >= 4 is 16.8 Å². The number of hydrogen-bond donors (Lipinski definition) is 2. The van der Waals surface area contributed by atoms with Crippen LogP contribution in [0.15, 0.2) is 30.5 Å². The second-order valence-electron chi connectivity index (χ2n) is 3.19. The van der Waals surface area contributed by atoms with Gasteiger partial charge in [0.15, 0.2) is 0 Å². The Hall–Kier alpha value is -2.21. The molecular weight excluding hydrogens is 188 g/mol. The summed E-state index contributed by atoms with van der Waals surface area (Å²) in [6.45, 7) is 0. The molecule has 74 valence electrons. The van der Waals surface area contributed by atoms with Crippen LogP contribution in [0.1, 0.15) is 12.0 Å². The number of amides is 1. The Bertz CT molecular complexity index is 557. The van der Waals surface area contributed by atoms with E-state index in [4.69, 9.17) is 5.73 Å². The van der Waals surface area contributed by atoms with Gasteiger partial charge in [-0.3, -0.25) is 4.79 Å². The van der Waals surface area contributed by atoms with Gasteiger partial charge in [0.2, 0.25) is 5.91 Å². The van der Waals surface area contributed by atoms with Crippen molar-refractivity contribution in [1.29, 1.82) is 0 Å². The van der Waals surface area contributed by atoms with E-state index in [2.05, 4.69) is 16.8 Å². The number of nitrogens with two attached hydrogens (primary N) is 1. The average Bonchev–Trinajstić information content (AvgIpc) is 2.65. The van der Waals surface area contributed by atoms with Gasteiger partial charge in [0.1, 0.15) is 0 Å². The molecule has 0 aliphatic heterocycles. The highest BCUT2D eigenvalue weighted by Crippen LogP contribution is 2.15. The van der Waals surface area contributed by atoms with Crippen LogP contribution in [-0.2, 0) is 4.79 Å². The lowest BCUT2D eigenvalue weighted by Gasteiger charge is -1.93. The number of benzene rings is 1. The van der Waals surface area contributed by atoms with E-state index in [-0.39, 0.29) is 6.42 Å². The van der Waals surface area contributed by atoms with Crippen LogP contribution >= 0.6 is 0 Å². The molecule has 1 amide bonds. The van der Waals surface area contributed by atoms with Gasteiger partial charge in [-0.2, -0.15) is 0 Å². The van der Waals surface area contributed by atoms with Gasteiger partial charge in [-0.1, -0.05) is 24.0 Å². The first-order valence-corrected chi connectivity index (χ1v) is 4.60. The lowest BCUT2D eigenvalue weighted by molar-refractivity contribution is -0.117. The molecular formula is C12H10N2O. The van der Waals surface area contributed by atoms with Gasteiger partial charge in [-0.25, -0.2) is 0 Å². The quantitative estimate of drug-likeness (QED) is 0.668. The van der Waals surface area contributed by atoms with Crippen molar-refractivity contribution in [3.63, 3.8) is 0 Å². The van der Waals surface area contributed by atoms with Crippen molar-refractivity contribution in [3.05, 3.63) is 36.0 Å². The molecule has 0 atom stereocenters. The number of H-pyrrole nitrogens is 1. The van der Waals surface area contributed by atoms with Crippen molar-refractivity contribution in [2.75, 3.05) is 0 Å². The van der Waals surface area contributed by atoms with Gasteiger partial charge < -0.3 is 10.7 Å². The molecule has 2 rings (SSSR count). The first kappa shape index (κ1) is 9.35. The third kappa shape index (κ3) is 2.00. The second-order valence-corrected chi connectivity index (χ2v) is 3.19. The van der Waals surface area contributed by atoms with E-state index in [1.165, 1.54) is 0 Å². The lowest BCUT2D eigenvalue weighted by Crippen LogP contribution is -2.08. The fourth-order valence-corrected chi connectivity index (χ4v) is 1.42. The fourth-order valence-electron chi connectivity index (χ4n) is 1.42. The molecule has 1 aromatic heterocycles. The third-order valence-corrected chi connectivity index (χ3v) is 2.07. The molecule has 0 unspecified atom stereocenters. The Morgan fingerprint density at radius 1 is 1.40 bits per heavy atom. The Morgan fingerprint density at radius 3 is 3.07 bits per heavy atom. The van der Waals surface area contributed by atoms with E-state index in [1.54, 1.807) is 0 Å². The van der Waals surface area contributed by atoms with Crippen molar-refractivity contribution < 1.29 is 4.79 Å². The lowest BCUT2D eigenvalue weighted by atomic mass is 10.1. The fraction of sp³-hybridized carbons (Fsp3) is 0.0833. The SMILES string of the molecule is NC(=O)CC#Cc1cccc2cc[nH]c12. The number of hydrogen-bond acceptors (Lipinski definition) is 1. The van der Waals surface area contributed by atoms with Crippen LogP contribution in [0.5, 0.6) is 0 Å². The number of primary amides is 1. The first-order chi connectivity index (χ1) is 7.27. The zero-order valence-corrected chi connectivity index (χ0v) is 8.08. The number of aromatic nitrogens is 1. The van der Waals surface area contributed by atoms with Gasteiger partial charge in [0.05, 0.1) is 11.9 Å². The van der Waals surface area contributed by atoms with Crippen LogP contribution in [-0.4, -0.2) is 10.9 Å². The van der Waals surface area contributed by atoms with Crippen LogP contribution in [0.25, 0.3) is 10.9 Å². The van der Waals surface area contributed by atoms with Gasteiger partial charge in [-0.05, 0) is 12.1 Å². The number of fused-ring (bicyclic) bond motifs is 1. The Kier molecular flexibility index (Phi) is 2.42. The summed E-state index contributed by atoms with van der Waals surface area (Å²) in [5.41, 5.74) is 6.88. The maximum absolute atomic E-state index is 10.5. The van der Waals surface area contributed by atoms with Gasteiger partial charge >= 0.3 is 0 Å². The molecule has 0 aliphatic carbocycles. The second kappa shape index (κ2) is 3.89. The van der Waals surface area contributed by atoms with Crippen molar-refractivity contribution in [2.45, 2.75) is 6.42 Å². The molecule has 2 aromatic rings. The number of rotatable bonds is 1. The Labute approximate surface area is 87.3 Å². The molecule has 1 aromatic carbocycles. The number of para-hydroxylation sites is 1. The molecule has 0 bridgehead atoms. The van der Waals surface area contributed by atoms with Crippen molar-refractivity contribution in [3.8, 4) is 11.8 Å². The highest BCUT2D eigenvalue weighted by molar-refractivity contribution is 5.85. The summed E-state index contributed by atoms with van der Waals surface area (Å²) in [4.78, 5) is 13.6. The third-order valence-electron chi connectivity index (χ3n) is 2.07. The molecule has 0 aliphatic rings. The molecule has 0 radical (unpaired) electrons. The summed E-state index contributed by atoms with van der Waals surface area (Å²) in [5, 5.41) is 1.11. The van der Waals surface area contributed by atoms with E-state index in [1.807, 2.05) is 30.5 Å². The monoisotopic (exact) mass is 198 g/mol. The maximum Gasteiger partial charge on any atom is 0.229 e. The zero-order valence-electron chi connectivity index (χ0n) is 8.08. The molecule has 0 saturated carbocycles. The Morgan fingerprint density at radius 2 is 2.27 bits per heavy atom. The normalized spacial score (nSPS) is 9.60. The Balaban J connectivity index is 2.37. The van der Waals surface area contributed by atoms with Gasteiger partial charge in [0, 0.05) is 17.1 Å². The standard InChI is InChI=1S/C12H10N2O/c13-11(15)6-2-5-9-3-1-4-10-7-8-14-12(9)10/h1,3-4,7-8,14H,6H2,(H2,13,15). The smallest absolute Gasteiger partial charge is 0.229 e. The van der Waals surface area contributed by atoms with Crippen LogP contribution in [0.2, 0.25) is 0 Å². The maximum atomic E-state index is 10.5. The number of aromatic amines is 1. The van der Waals surface area contributed by atoms with E-state index in [0.717, 1.165) is 16.5 Å². The summed E-state index contributed by atoms with van der Waals surface area (Å²) < 4.78 is 0. The van der Waals surface area contributed by atoms with E-state index in [9.17, 15) is 4.79 Å². The van der Waals surface area contributed by atoms with E-state index in [0.29, 0.717) is 0 Å². The van der Waals surface area contributed by atoms with Crippen LogP contribution in [0.4, 0.5) is 0 Å². The number of carbonyl (C=O) groups excluding carboxylic acids is 1. The highest BCUT2D eigenvalue weighted by Gasteiger charge is 1.97. The van der Waals surface area contributed by atoms with Gasteiger partial charge in [0.25, 0.3) is 0 Å². The summed E-state index contributed by atoms with van der Waals surface area (Å²) >= 11 is 0. The molecule has 1 heterocycles. The summed E-state index contributed by atoms with van der Waals surface area (Å²) in [7, 11) is 0. The van der Waals surface area contributed by atoms with Crippen LogP contribution in [0.3, 0.4) is 0 Å². The molecule has 0 fully saturated rings.